The highest BCUT2D eigenvalue weighted by Gasteiger charge is 2.19. The summed E-state index contributed by atoms with van der Waals surface area (Å²) in [5.74, 6) is 0.738. The van der Waals surface area contributed by atoms with Crippen molar-refractivity contribution < 1.29 is 0 Å². The highest BCUT2D eigenvalue weighted by atomic mass is 16.1. The molecule has 1 aliphatic heterocycles. The van der Waals surface area contributed by atoms with Gasteiger partial charge in [-0.3, -0.25) is 9.78 Å². The fraction of sp³-hybridized carbons (Fsp3) is 0.538. The maximum atomic E-state index is 12.0. The zero-order valence-electron chi connectivity index (χ0n) is 10.6. The maximum Gasteiger partial charge on any atom is 0.259 e. The average molecular weight is 246 g/mol. The third-order valence-electron chi connectivity index (χ3n) is 3.66. The van der Waals surface area contributed by atoms with Crippen LogP contribution < -0.4 is 10.5 Å². The fourth-order valence-electron chi connectivity index (χ4n) is 2.47. The molecule has 0 unspecified atom stereocenters. The second kappa shape index (κ2) is 4.57. The monoisotopic (exact) mass is 246 g/mol. The molecule has 1 aromatic heterocycles. The molecule has 1 aliphatic carbocycles. The molecule has 5 heteroatoms. The summed E-state index contributed by atoms with van der Waals surface area (Å²) in [7, 11) is 2.12. The summed E-state index contributed by atoms with van der Waals surface area (Å²) in [6.45, 7) is 3.88. The van der Waals surface area contributed by atoms with Crippen LogP contribution in [-0.2, 0) is 6.42 Å². The highest BCUT2D eigenvalue weighted by molar-refractivity contribution is 5.54. The zero-order chi connectivity index (χ0) is 12.5. The molecule has 1 fully saturated rings. The van der Waals surface area contributed by atoms with E-state index in [4.69, 9.17) is 0 Å². The Labute approximate surface area is 106 Å². The Kier molecular flexibility index (Phi) is 2.91. The van der Waals surface area contributed by atoms with E-state index in [1.165, 1.54) is 0 Å². The van der Waals surface area contributed by atoms with E-state index in [1.54, 1.807) is 0 Å². The fourth-order valence-corrected chi connectivity index (χ4v) is 2.47. The van der Waals surface area contributed by atoms with Gasteiger partial charge in [0.05, 0.1) is 11.3 Å². The minimum absolute atomic E-state index is 0.00937. The van der Waals surface area contributed by atoms with Crippen LogP contribution in [0, 0.1) is 0 Å². The number of aromatic amines is 1. The Morgan fingerprint density at radius 3 is 2.83 bits per heavy atom. The Balaban J connectivity index is 1.92. The van der Waals surface area contributed by atoms with Crippen molar-refractivity contribution in [3.8, 4) is 0 Å². The molecule has 96 valence electrons. The number of piperazine rings is 1. The van der Waals surface area contributed by atoms with Gasteiger partial charge in [-0.15, -0.1) is 0 Å². The number of likely N-dealkylation sites (N-methyl/N-ethyl adjacent to an activating group) is 1. The van der Waals surface area contributed by atoms with Crippen molar-refractivity contribution in [2.75, 3.05) is 38.1 Å². The molecule has 0 atom stereocenters. The third-order valence-corrected chi connectivity index (χ3v) is 3.66. The third kappa shape index (κ3) is 2.06. The Morgan fingerprint density at radius 2 is 2.06 bits per heavy atom. The molecule has 2 aliphatic rings. The lowest BCUT2D eigenvalue weighted by molar-refractivity contribution is 0.311. The van der Waals surface area contributed by atoms with Crippen LogP contribution >= 0.6 is 0 Å². The number of H-pyrrole nitrogens is 1. The van der Waals surface area contributed by atoms with E-state index >= 15 is 0 Å². The molecule has 0 aromatic carbocycles. The van der Waals surface area contributed by atoms with Gasteiger partial charge >= 0.3 is 0 Å². The molecule has 1 N–H and O–H groups in total. The molecule has 2 heterocycles. The zero-order valence-corrected chi connectivity index (χ0v) is 10.6. The first kappa shape index (κ1) is 11.5. The molecule has 0 saturated carbocycles. The number of aromatic nitrogens is 2. The van der Waals surface area contributed by atoms with Crippen LogP contribution in [0.25, 0.3) is 6.08 Å². The lowest BCUT2D eigenvalue weighted by Crippen LogP contribution is -2.45. The molecule has 0 bridgehead atoms. The highest BCUT2D eigenvalue weighted by Crippen LogP contribution is 2.16. The molecule has 3 rings (SSSR count). The molecule has 0 radical (unpaired) electrons. The van der Waals surface area contributed by atoms with Crippen molar-refractivity contribution >= 4 is 12.0 Å². The van der Waals surface area contributed by atoms with Crippen LogP contribution in [0.3, 0.4) is 0 Å². The van der Waals surface area contributed by atoms with E-state index in [9.17, 15) is 4.79 Å². The topological polar surface area (TPSA) is 52.2 Å². The first-order valence-corrected chi connectivity index (χ1v) is 6.47. The number of nitrogens with one attached hydrogen (secondary N) is 1. The molecule has 18 heavy (non-hydrogen) atoms. The molecule has 0 spiro atoms. The number of hydrogen-bond donors (Lipinski definition) is 1. The Bertz CT molecular complexity index is 526. The quantitative estimate of drug-likeness (QED) is 0.783. The molecular weight excluding hydrogens is 228 g/mol. The first-order valence-electron chi connectivity index (χ1n) is 6.47. The lowest BCUT2D eigenvalue weighted by Gasteiger charge is -2.33. The lowest BCUT2D eigenvalue weighted by atomic mass is 10.0. The number of allylic oxidation sites excluding steroid dienone is 1. The van der Waals surface area contributed by atoms with Crippen LogP contribution in [0.15, 0.2) is 10.9 Å². The van der Waals surface area contributed by atoms with E-state index in [-0.39, 0.29) is 5.56 Å². The molecular formula is C13H18N4O. The second-order valence-corrected chi connectivity index (χ2v) is 4.98. The van der Waals surface area contributed by atoms with E-state index in [2.05, 4.69) is 26.8 Å². The van der Waals surface area contributed by atoms with Gasteiger partial charge in [-0.2, -0.15) is 0 Å². The number of anilines is 1. The van der Waals surface area contributed by atoms with E-state index in [0.717, 1.165) is 56.2 Å². The van der Waals surface area contributed by atoms with Gasteiger partial charge in [-0.25, -0.2) is 4.98 Å². The van der Waals surface area contributed by atoms with Crippen LogP contribution in [0.5, 0.6) is 0 Å². The van der Waals surface area contributed by atoms with E-state index < -0.39 is 0 Å². The molecule has 1 aromatic rings. The Hall–Kier alpha value is -1.62. The van der Waals surface area contributed by atoms with Crippen molar-refractivity contribution in [3.05, 3.63) is 27.7 Å². The summed E-state index contributed by atoms with van der Waals surface area (Å²) in [6.07, 6.45) is 5.77. The number of rotatable bonds is 1. The molecule has 5 nitrogen and oxygen atoms in total. The number of fused-ring (bicyclic) bond motifs is 1. The van der Waals surface area contributed by atoms with Crippen molar-refractivity contribution in [2.24, 2.45) is 0 Å². The van der Waals surface area contributed by atoms with E-state index in [1.807, 2.05) is 12.2 Å². The SMILES string of the molecule is CN1CCN(c2nc3c(c(=O)[nH]2)C=CCC3)CC1. The normalized spacial score (nSPS) is 19.9. The minimum atomic E-state index is -0.00937. The summed E-state index contributed by atoms with van der Waals surface area (Å²) in [5.41, 5.74) is 1.67. The predicted molar refractivity (Wildman–Crippen MR) is 71.9 cm³/mol. The van der Waals surface area contributed by atoms with Crippen molar-refractivity contribution in [3.63, 3.8) is 0 Å². The first-order chi connectivity index (χ1) is 8.74. The van der Waals surface area contributed by atoms with Gasteiger partial charge in [0.25, 0.3) is 5.56 Å². The second-order valence-electron chi connectivity index (χ2n) is 4.98. The number of hydrogen-bond acceptors (Lipinski definition) is 4. The largest absolute Gasteiger partial charge is 0.340 e. The van der Waals surface area contributed by atoms with Crippen molar-refractivity contribution in [1.82, 2.24) is 14.9 Å². The van der Waals surface area contributed by atoms with Gasteiger partial charge in [0.1, 0.15) is 0 Å². The van der Waals surface area contributed by atoms with Gasteiger partial charge in [-0.05, 0) is 19.9 Å². The summed E-state index contributed by atoms with van der Waals surface area (Å²) in [5, 5.41) is 0. The molecule has 0 amide bonds. The van der Waals surface area contributed by atoms with Gasteiger partial charge < -0.3 is 9.80 Å². The standard InChI is InChI=1S/C13H18N4O/c1-16-6-8-17(9-7-16)13-14-11-5-3-2-4-10(11)12(18)15-13/h2,4H,3,5-9H2,1H3,(H,14,15,18). The summed E-state index contributed by atoms with van der Waals surface area (Å²) >= 11 is 0. The van der Waals surface area contributed by atoms with Crippen LogP contribution in [0.2, 0.25) is 0 Å². The van der Waals surface area contributed by atoms with Crippen molar-refractivity contribution in [2.45, 2.75) is 12.8 Å². The van der Waals surface area contributed by atoms with Gasteiger partial charge in [0.15, 0.2) is 0 Å². The summed E-state index contributed by atoms with van der Waals surface area (Å²) in [6, 6.07) is 0. The van der Waals surface area contributed by atoms with Crippen molar-refractivity contribution in [1.29, 1.82) is 0 Å². The number of aryl methyl sites for hydroxylation is 1. The van der Waals surface area contributed by atoms with Crippen LogP contribution in [-0.4, -0.2) is 48.1 Å². The minimum Gasteiger partial charge on any atom is -0.340 e. The summed E-state index contributed by atoms with van der Waals surface area (Å²) in [4.78, 5) is 24.0. The maximum absolute atomic E-state index is 12.0. The van der Waals surface area contributed by atoms with Crippen LogP contribution in [0.4, 0.5) is 5.95 Å². The summed E-state index contributed by atoms with van der Waals surface area (Å²) < 4.78 is 0. The Morgan fingerprint density at radius 1 is 1.28 bits per heavy atom. The number of nitrogens with zero attached hydrogens (tertiary/aromatic N) is 3. The van der Waals surface area contributed by atoms with Gasteiger partial charge in [-0.1, -0.05) is 12.2 Å². The smallest absolute Gasteiger partial charge is 0.259 e. The van der Waals surface area contributed by atoms with Crippen LogP contribution in [0.1, 0.15) is 17.7 Å². The van der Waals surface area contributed by atoms with E-state index in [0.29, 0.717) is 0 Å². The predicted octanol–water partition coefficient (Wildman–Crippen LogP) is 0.481. The average Bonchev–Trinajstić information content (AvgIpc) is 2.39. The van der Waals surface area contributed by atoms with Gasteiger partial charge in [0.2, 0.25) is 5.95 Å². The molecule has 1 saturated heterocycles. The van der Waals surface area contributed by atoms with Gasteiger partial charge in [0, 0.05) is 26.2 Å².